The fraction of sp³-hybridized carbons (Fsp3) is 0.167. The quantitative estimate of drug-likeness (QED) is 0.620. The van der Waals surface area contributed by atoms with Gasteiger partial charge in [0.25, 0.3) is 0 Å². The van der Waals surface area contributed by atoms with E-state index in [9.17, 15) is 4.91 Å². The molecule has 0 N–H and O–H groups in total. The molecular formula is C12H11NO. The second-order valence-corrected chi connectivity index (χ2v) is 3.48. The fourth-order valence-corrected chi connectivity index (χ4v) is 1.83. The smallest absolute Gasteiger partial charge is 0.114 e. The van der Waals surface area contributed by atoms with Crippen LogP contribution in [0.4, 0.5) is 5.69 Å². The van der Waals surface area contributed by atoms with E-state index in [-0.39, 0.29) is 0 Å². The van der Waals surface area contributed by atoms with Crippen molar-refractivity contribution in [3.63, 3.8) is 0 Å². The molecule has 2 rings (SSSR count). The number of nitroso groups, excluding NO2 is 1. The summed E-state index contributed by atoms with van der Waals surface area (Å²) in [6.45, 7) is 3.85. The molecule has 0 fully saturated rings. The summed E-state index contributed by atoms with van der Waals surface area (Å²) in [6, 6.07) is 10.0. The number of fused-ring (bicyclic) bond motifs is 1. The van der Waals surface area contributed by atoms with Crippen molar-refractivity contribution in [3.05, 3.63) is 46.4 Å². The molecular weight excluding hydrogens is 174 g/mol. The van der Waals surface area contributed by atoms with Crippen LogP contribution in [0.3, 0.4) is 0 Å². The van der Waals surface area contributed by atoms with E-state index in [1.807, 2.05) is 44.2 Å². The third-order valence-corrected chi connectivity index (χ3v) is 2.56. The molecule has 14 heavy (non-hydrogen) atoms. The Labute approximate surface area is 82.5 Å². The van der Waals surface area contributed by atoms with E-state index in [0.29, 0.717) is 5.69 Å². The predicted molar refractivity (Wildman–Crippen MR) is 58.9 cm³/mol. The summed E-state index contributed by atoms with van der Waals surface area (Å²) in [7, 11) is 0. The van der Waals surface area contributed by atoms with Crippen LogP contribution >= 0.6 is 0 Å². The van der Waals surface area contributed by atoms with Crippen molar-refractivity contribution in [2.45, 2.75) is 13.8 Å². The molecule has 0 aliphatic carbocycles. The zero-order chi connectivity index (χ0) is 10.1. The predicted octanol–water partition coefficient (Wildman–Crippen LogP) is 3.85. The van der Waals surface area contributed by atoms with Crippen molar-refractivity contribution in [1.82, 2.24) is 0 Å². The first kappa shape index (κ1) is 8.88. The Morgan fingerprint density at radius 3 is 2.57 bits per heavy atom. The van der Waals surface area contributed by atoms with Gasteiger partial charge < -0.3 is 0 Å². The summed E-state index contributed by atoms with van der Waals surface area (Å²) in [5, 5.41) is 5.34. The molecule has 2 heteroatoms. The second kappa shape index (κ2) is 3.22. The molecule has 0 saturated heterocycles. The first-order chi connectivity index (χ1) is 6.74. The molecule has 0 aromatic heterocycles. The van der Waals surface area contributed by atoms with Crippen LogP contribution < -0.4 is 0 Å². The molecule has 0 aliphatic rings. The standard InChI is InChI=1S/C12H11NO/c1-8-7-10-5-3-4-6-11(10)9(2)12(8)13-14/h3-7H,1-2H3. The Morgan fingerprint density at radius 1 is 1.14 bits per heavy atom. The molecule has 0 atom stereocenters. The molecule has 0 unspecified atom stereocenters. The molecule has 70 valence electrons. The number of hydrogen-bond acceptors (Lipinski definition) is 2. The second-order valence-electron chi connectivity index (χ2n) is 3.48. The highest BCUT2D eigenvalue weighted by Crippen LogP contribution is 2.30. The van der Waals surface area contributed by atoms with E-state index in [1.54, 1.807) is 0 Å². The van der Waals surface area contributed by atoms with Crippen molar-refractivity contribution in [3.8, 4) is 0 Å². The van der Waals surface area contributed by atoms with Crippen molar-refractivity contribution >= 4 is 16.5 Å². The van der Waals surface area contributed by atoms with Crippen molar-refractivity contribution in [2.75, 3.05) is 0 Å². The molecule has 0 aliphatic heterocycles. The minimum Gasteiger partial charge on any atom is -0.145 e. The lowest BCUT2D eigenvalue weighted by Gasteiger charge is -2.06. The summed E-state index contributed by atoms with van der Waals surface area (Å²) in [4.78, 5) is 10.6. The first-order valence-electron chi connectivity index (χ1n) is 4.56. The van der Waals surface area contributed by atoms with Crippen molar-refractivity contribution < 1.29 is 0 Å². The van der Waals surface area contributed by atoms with E-state index >= 15 is 0 Å². The van der Waals surface area contributed by atoms with Crippen LogP contribution in [0.1, 0.15) is 11.1 Å². The van der Waals surface area contributed by atoms with Gasteiger partial charge in [-0.15, -0.1) is 4.91 Å². The van der Waals surface area contributed by atoms with E-state index in [1.165, 1.54) is 0 Å². The first-order valence-corrected chi connectivity index (χ1v) is 4.56. The molecule has 2 nitrogen and oxygen atoms in total. The maximum absolute atomic E-state index is 10.6. The SMILES string of the molecule is Cc1cc2ccccc2c(C)c1N=O. The normalized spacial score (nSPS) is 10.4. The van der Waals surface area contributed by atoms with Gasteiger partial charge in [0.2, 0.25) is 0 Å². The van der Waals surface area contributed by atoms with Gasteiger partial charge in [-0.3, -0.25) is 0 Å². The molecule has 0 radical (unpaired) electrons. The number of benzene rings is 2. The maximum Gasteiger partial charge on any atom is 0.114 e. The van der Waals surface area contributed by atoms with Crippen LogP contribution in [0.25, 0.3) is 10.8 Å². The zero-order valence-electron chi connectivity index (χ0n) is 8.24. The monoisotopic (exact) mass is 185 g/mol. The van der Waals surface area contributed by atoms with Gasteiger partial charge in [-0.1, -0.05) is 24.3 Å². The lowest BCUT2D eigenvalue weighted by atomic mass is 10.0. The average Bonchev–Trinajstić information content (AvgIpc) is 2.18. The molecule has 0 bridgehead atoms. The number of aryl methyl sites for hydroxylation is 2. The highest BCUT2D eigenvalue weighted by molar-refractivity contribution is 5.90. The molecule has 0 spiro atoms. The Morgan fingerprint density at radius 2 is 1.86 bits per heavy atom. The van der Waals surface area contributed by atoms with Crippen LogP contribution in [-0.2, 0) is 0 Å². The Hall–Kier alpha value is -1.70. The number of rotatable bonds is 1. The summed E-state index contributed by atoms with van der Waals surface area (Å²) >= 11 is 0. The van der Waals surface area contributed by atoms with Gasteiger partial charge in [-0.25, -0.2) is 0 Å². The van der Waals surface area contributed by atoms with Gasteiger partial charge in [-0.2, -0.15) is 0 Å². The van der Waals surface area contributed by atoms with Gasteiger partial charge >= 0.3 is 0 Å². The highest BCUT2D eigenvalue weighted by atomic mass is 16.3. The van der Waals surface area contributed by atoms with E-state index < -0.39 is 0 Å². The third kappa shape index (κ3) is 1.20. The molecule has 2 aromatic rings. The van der Waals surface area contributed by atoms with Gasteiger partial charge in [0, 0.05) is 0 Å². The molecule has 0 saturated carbocycles. The van der Waals surface area contributed by atoms with Crippen LogP contribution in [-0.4, -0.2) is 0 Å². The van der Waals surface area contributed by atoms with Gasteiger partial charge in [0.05, 0.1) is 0 Å². The average molecular weight is 185 g/mol. The van der Waals surface area contributed by atoms with Crippen LogP contribution in [0.2, 0.25) is 0 Å². The van der Waals surface area contributed by atoms with Crippen LogP contribution in [0, 0.1) is 18.8 Å². The summed E-state index contributed by atoms with van der Waals surface area (Å²) in [6.07, 6.45) is 0. The van der Waals surface area contributed by atoms with Crippen molar-refractivity contribution in [2.24, 2.45) is 5.18 Å². The lowest BCUT2D eigenvalue weighted by molar-refractivity contribution is 1.35. The van der Waals surface area contributed by atoms with Gasteiger partial charge in [0.1, 0.15) is 5.69 Å². The lowest BCUT2D eigenvalue weighted by Crippen LogP contribution is -1.83. The van der Waals surface area contributed by atoms with E-state index in [4.69, 9.17) is 0 Å². The topological polar surface area (TPSA) is 29.4 Å². The number of nitrogens with zero attached hydrogens (tertiary/aromatic N) is 1. The summed E-state index contributed by atoms with van der Waals surface area (Å²) in [5.41, 5.74) is 2.48. The highest BCUT2D eigenvalue weighted by Gasteiger charge is 2.06. The van der Waals surface area contributed by atoms with Crippen LogP contribution in [0.15, 0.2) is 35.5 Å². The Bertz CT molecular complexity index is 503. The molecule has 0 heterocycles. The largest absolute Gasteiger partial charge is 0.145 e. The fourth-order valence-electron chi connectivity index (χ4n) is 1.83. The molecule has 2 aromatic carbocycles. The van der Waals surface area contributed by atoms with E-state index in [2.05, 4.69) is 5.18 Å². The minimum atomic E-state index is 0.573. The Kier molecular flexibility index (Phi) is 2.04. The summed E-state index contributed by atoms with van der Waals surface area (Å²) < 4.78 is 0. The van der Waals surface area contributed by atoms with Crippen molar-refractivity contribution in [1.29, 1.82) is 0 Å². The van der Waals surface area contributed by atoms with Gasteiger partial charge in [-0.05, 0) is 47.0 Å². The minimum absolute atomic E-state index is 0.573. The van der Waals surface area contributed by atoms with E-state index in [0.717, 1.165) is 21.9 Å². The zero-order valence-corrected chi connectivity index (χ0v) is 8.24. The molecule has 0 amide bonds. The number of hydrogen-bond donors (Lipinski definition) is 0. The summed E-state index contributed by atoms with van der Waals surface area (Å²) in [5.74, 6) is 0. The van der Waals surface area contributed by atoms with Gasteiger partial charge in [0.15, 0.2) is 0 Å². The third-order valence-electron chi connectivity index (χ3n) is 2.56. The maximum atomic E-state index is 10.6. The van der Waals surface area contributed by atoms with Crippen LogP contribution in [0.5, 0.6) is 0 Å². The Balaban J connectivity index is 2.92.